The van der Waals surface area contributed by atoms with E-state index < -0.39 is 0 Å². The minimum absolute atomic E-state index is 0.387. The third-order valence-electron chi connectivity index (χ3n) is 2.09. The van der Waals surface area contributed by atoms with E-state index in [0.29, 0.717) is 13.4 Å². The van der Waals surface area contributed by atoms with Crippen LogP contribution in [0.25, 0.3) is 0 Å². The largest absolute Gasteiger partial charge is 0.467 e. The van der Waals surface area contributed by atoms with Gasteiger partial charge in [-0.2, -0.15) is 0 Å². The van der Waals surface area contributed by atoms with Gasteiger partial charge in [0.25, 0.3) is 0 Å². The first kappa shape index (κ1) is 7.62. The third kappa shape index (κ3) is 1.30. The highest BCUT2D eigenvalue weighted by molar-refractivity contribution is 5.37. The normalized spacial score (nSPS) is 15.1. The van der Waals surface area contributed by atoms with Gasteiger partial charge in [-0.15, -0.1) is 0 Å². The first-order valence-electron chi connectivity index (χ1n) is 4.22. The van der Waals surface area contributed by atoms with Gasteiger partial charge in [-0.05, 0) is 24.1 Å². The van der Waals surface area contributed by atoms with Gasteiger partial charge in [0.1, 0.15) is 5.75 Å². The lowest BCUT2D eigenvalue weighted by Gasteiger charge is -2.17. The van der Waals surface area contributed by atoms with E-state index >= 15 is 0 Å². The monoisotopic (exact) mass is 164 g/mol. The molecule has 0 saturated heterocycles. The van der Waals surface area contributed by atoms with Gasteiger partial charge < -0.3 is 9.47 Å². The Balaban J connectivity index is 2.36. The Hall–Kier alpha value is -1.02. The molecule has 1 aliphatic heterocycles. The predicted molar refractivity (Wildman–Crippen MR) is 46.1 cm³/mol. The second kappa shape index (κ2) is 3.15. The smallest absolute Gasteiger partial charge is 0.189 e. The van der Waals surface area contributed by atoms with Gasteiger partial charge in [-0.3, -0.25) is 0 Å². The van der Waals surface area contributed by atoms with E-state index in [-0.39, 0.29) is 0 Å². The molecule has 0 spiro atoms. The van der Waals surface area contributed by atoms with Crippen LogP contribution in [-0.4, -0.2) is 6.79 Å². The van der Waals surface area contributed by atoms with Crippen LogP contribution in [-0.2, 0) is 17.8 Å². The van der Waals surface area contributed by atoms with Crippen LogP contribution in [0.2, 0.25) is 0 Å². The van der Waals surface area contributed by atoms with E-state index in [9.17, 15) is 0 Å². The lowest BCUT2D eigenvalue weighted by atomic mass is 10.1. The molecule has 2 heteroatoms. The summed E-state index contributed by atoms with van der Waals surface area (Å²) in [7, 11) is 0. The summed E-state index contributed by atoms with van der Waals surface area (Å²) < 4.78 is 10.5. The van der Waals surface area contributed by atoms with Gasteiger partial charge in [0.05, 0.1) is 6.61 Å². The maximum absolute atomic E-state index is 5.30. The van der Waals surface area contributed by atoms with Gasteiger partial charge in [-0.1, -0.05) is 13.0 Å². The number of aryl methyl sites for hydroxylation is 1. The van der Waals surface area contributed by atoms with Crippen molar-refractivity contribution in [3.63, 3.8) is 0 Å². The Bertz CT molecular complexity index is 281. The zero-order valence-electron chi connectivity index (χ0n) is 7.17. The third-order valence-corrected chi connectivity index (χ3v) is 2.09. The van der Waals surface area contributed by atoms with Crippen molar-refractivity contribution >= 4 is 0 Å². The van der Waals surface area contributed by atoms with Crippen molar-refractivity contribution in [3.8, 4) is 5.75 Å². The maximum Gasteiger partial charge on any atom is 0.189 e. The zero-order valence-corrected chi connectivity index (χ0v) is 7.17. The Morgan fingerprint density at radius 2 is 2.33 bits per heavy atom. The topological polar surface area (TPSA) is 18.5 Å². The summed E-state index contributed by atoms with van der Waals surface area (Å²) in [6, 6.07) is 6.27. The van der Waals surface area contributed by atoms with Gasteiger partial charge in [0.2, 0.25) is 0 Å². The van der Waals surface area contributed by atoms with Crippen LogP contribution < -0.4 is 4.74 Å². The molecule has 0 aromatic heterocycles. The summed E-state index contributed by atoms with van der Waals surface area (Å²) in [5.74, 6) is 0.971. The first-order chi connectivity index (χ1) is 5.90. The summed E-state index contributed by atoms with van der Waals surface area (Å²) in [6.07, 6.45) is 1.06. The minimum atomic E-state index is 0.387. The molecule has 1 aromatic carbocycles. The van der Waals surface area contributed by atoms with Crippen molar-refractivity contribution in [3.05, 3.63) is 29.3 Å². The quantitative estimate of drug-likeness (QED) is 0.633. The molecule has 12 heavy (non-hydrogen) atoms. The molecule has 0 N–H and O–H groups in total. The van der Waals surface area contributed by atoms with Crippen LogP contribution in [0.4, 0.5) is 0 Å². The molecule has 1 aliphatic rings. The molecule has 0 aliphatic carbocycles. The predicted octanol–water partition coefficient (Wildman–Crippen LogP) is 2.12. The Kier molecular flexibility index (Phi) is 2.00. The van der Waals surface area contributed by atoms with Gasteiger partial charge in [0.15, 0.2) is 6.79 Å². The van der Waals surface area contributed by atoms with E-state index in [1.54, 1.807) is 0 Å². The molecule has 2 nitrogen and oxygen atoms in total. The highest BCUT2D eigenvalue weighted by Gasteiger charge is 2.09. The van der Waals surface area contributed by atoms with Crippen LogP contribution in [0.3, 0.4) is 0 Å². The lowest BCUT2D eigenvalue weighted by Crippen LogP contribution is -2.11. The molecule has 0 unspecified atom stereocenters. The second-order valence-corrected chi connectivity index (χ2v) is 2.91. The highest BCUT2D eigenvalue weighted by Crippen LogP contribution is 2.24. The van der Waals surface area contributed by atoms with Crippen molar-refractivity contribution in [2.24, 2.45) is 0 Å². The number of rotatable bonds is 1. The summed E-state index contributed by atoms with van der Waals surface area (Å²) in [5, 5.41) is 0. The number of ether oxygens (including phenoxy) is 2. The van der Waals surface area contributed by atoms with Crippen molar-refractivity contribution in [2.75, 3.05) is 6.79 Å². The van der Waals surface area contributed by atoms with Crippen molar-refractivity contribution in [2.45, 2.75) is 20.0 Å². The molecule has 64 valence electrons. The number of benzene rings is 1. The van der Waals surface area contributed by atoms with Crippen molar-refractivity contribution < 1.29 is 9.47 Å². The molecule has 0 atom stereocenters. The Labute approximate surface area is 72.1 Å². The molecule has 1 heterocycles. The average Bonchev–Trinajstić information content (AvgIpc) is 2.17. The fraction of sp³-hybridized carbons (Fsp3) is 0.400. The number of fused-ring (bicyclic) bond motifs is 1. The number of hydrogen-bond acceptors (Lipinski definition) is 2. The standard InChI is InChI=1S/C10H12O2/c1-2-8-3-4-10-9(5-8)6-11-7-12-10/h3-5H,2,6-7H2,1H3. The van der Waals surface area contributed by atoms with E-state index in [1.807, 2.05) is 6.07 Å². The molecule has 0 saturated carbocycles. The molecule has 0 fully saturated rings. The first-order valence-corrected chi connectivity index (χ1v) is 4.22. The summed E-state index contributed by atoms with van der Waals surface area (Å²) >= 11 is 0. The number of hydrogen-bond donors (Lipinski definition) is 0. The SMILES string of the molecule is CCc1ccc2c(c1)COCO2. The van der Waals surface area contributed by atoms with E-state index in [4.69, 9.17) is 9.47 Å². The maximum atomic E-state index is 5.30. The van der Waals surface area contributed by atoms with Crippen LogP contribution >= 0.6 is 0 Å². The van der Waals surface area contributed by atoms with Crippen LogP contribution in [0, 0.1) is 0 Å². The second-order valence-electron chi connectivity index (χ2n) is 2.91. The zero-order chi connectivity index (χ0) is 8.39. The fourth-order valence-electron chi connectivity index (χ4n) is 1.36. The summed E-state index contributed by atoms with van der Waals surface area (Å²) in [5.41, 5.74) is 2.50. The molecule has 1 aromatic rings. The highest BCUT2D eigenvalue weighted by atomic mass is 16.7. The van der Waals surface area contributed by atoms with Crippen molar-refractivity contribution in [1.82, 2.24) is 0 Å². The Morgan fingerprint density at radius 1 is 1.42 bits per heavy atom. The lowest BCUT2D eigenvalue weighted by molar-refractivity contribution is -0.0164. The van der Waals surface area contributed by atoms with E-state index in [0.717, 1.165) is 12.2 Å². The van der Waals surface area contributed by atoms with Crippen LogP contribution in [0.15, 0.2) is 18.2 Å². The van der Waals surface area contributed by atoms with Gasteiger partial charge in [-0.25, -0.2) is 0 Å². The van der Waals surface area contributed by atoms with Crippen LogP contribution in [0.1, 0.15) is 18.1 Å². The van der Waals surface area contributed by atoms with Gasteiger partial charge >= 0.3 is 0 Å². The molecule has 0 amide bonds. The van der Waals surface area contributed by atoms with E-state index in [2.05, 4.69) is 19.1 Å². The Morgan fingerprint density at radius 3 is 3.17 bits per heavy atom. The summed E-state index contributed by atoms with van der Waals surface area (Å²) in [4.78, 5) is 0. The fourth-order valence-corrected chi connectivity index (χ4v) is 1.36. The average molecular weight is 164 g/mol. The van der Waals surface area contributed by atoms with Crippen molar-refractivity contribution in [1.29, 1.82) is 0 Å². The van der Waals surface area contributed by atoms with Crippen LogP contribution in [0.5, 0.6) is 5.75 Å². The molecular formula is C10H12O2. The van der Waals surface area contributed by atoms with E-state index in [1.165, 1.54) is 11.1 Å². The molecular weight excluding hydrogens is 152 g/mol. The molecule has 0 radical (unpaired) electrons. The summed E-state index contributed by atoms with van der Waals surface area (Å²) in [6.45, 7) is 3.22. The molecule has 0 bridgehead atoms. The molecule has 2 rings (SSSR count). The minimum Gasteiger partial charge on any atom is -0.467 e. The van der Waals surface area contributed by atoms with Gasteiger partial charge in [0, 0.05) is 5.56 Å².